The third-order valence-corrected chi connectivity index (χ3v) is 2.64. The Bertz CT molecular complexity index is 120. The number of hydrogen-bond acceptors (Lipinski definition) is 1. The van der Waals surface area contributed by atoms with E-state index in [9.17, 15) is 4.79 Å². The van der Waals surface area contributed by atoms with Gasteiger partial charge in [-0.15, -0.1) is 23.2 Å². The minimum atomic E-state index is -0.385. The molecule has 0 N–H and O–H groups in total. The number of rotatable bonds is 4. The van der Waals surface area contributed by atoms with Crippen molar-refractivity contribution in [1.29, 1.82) is 0 Å². The number of hydrogen-bond donors (Lipinski definition) is 0. The van der Waals surface area contributed by atoms with E-state index in [0.29, 0.717) is 11.8 Å². The van der Waals surface area contributed by atoms with Gasteiger partial charge in [0.2, 0.25) is 5.24 Å². The molecule has 0 amide bonds. The van der Waals surface area contributed by atoms with Gasteiger partial charge in [0.25, 0.3) is 0 Å². The lowest BCUT2D eigenvalue weighted by Gasteiger charge is -2.21. The second-order valence-electron chi connectivity index (χ2n) is 2.61. The predicted molar refractivity (Wildman–Crippen MR) is 45.0 cm³/mol. The fourth-order valence-corrected chi connectivity index (χ4v) is 1.26. The molecule has 0 aliphatic carbocycles. The number of carbonyl (C=O) groups excluding carboxylic acids is 1. The largest absolute Gasteiger partial charge is 0.281 e. The standard InChI is InChI=1S/C6H9Cl3O/c1-6(3-7,4-8)2-5(9)10/h2-4H2,1H3. The smallest absolute Gasteiger partial charge is 0.222 e. The van der Waals surface area contributed by atoms with Crippen molar-refractivity contribution in [3.05, 3.63) is 0 Å². The summed E-state index contributed by atoms with van der Waals surface area (Å²) in [6, 6.07) is 0. The molecule has 0 spiro atoms. The summed E-state index contributed by atoms with van der Waals surface area (Å²) < 4.78 is 0. The Hall–Kier alpha value is 0.540. The third-order valence-electron chi connectivity index (χ3n) is 1.21. The van der Waals surface area contributed by atoms with E-state index >= 15 is 0 Å². The molecule has 0 aromatic carbocycles. The SMILES string of the molecule is CC(CCl)(CCl)CC(=O)Cl. The molecule has 0 saturated heterocycles. The van der Waals surface area contributed by atoms with Crippen LogP contribution in [0.4, 0.5) is 0 Å². The van der Waals surface area contributed by atoms with E-state index in [1.165, 1.54) is 0 Å². The molecular weight excluding hydrogens is 194 g/mol. The molecule has 0 bridgehead atoms. The fourth-order valence-electron chi connectivity index (χ4n) is 0.466. The van der Waals surface area contributed by atoms with Crippen molar-refractivity contribution in [1.82, 2.24) is 0 Å². The maximum atomic E-state index is 10.4. The van der Waals surface area contributed by atoms with E-state index in [1.54, 1.807) is 0 Å². The van der Waals surface area contributed by atoms with Crippen molar-refractivity contribution in [2.45, 2.75) is 13.3 Å². The molecule has 0 aliphatic rings. The van der Waals surface area contributed by atoms with Gasteiger partial charge in [-0.3, -0.25) is 4.79 Å². The van der Waals surface area contributed by atoms with Crippen molar-refractivity contribution in [2.24, 2.45) is 5.41 Å². The van der Waals surface area contributed by atoms with Crippen LogP contribution >= 0.6 is 34.8 Å². The van der Waals surface area contributed by atoms with Crippen LogP contribution < -0.4 is 0 Å². The highest BCUT2D eigenvalue weighted by Crippen LogP contribution is 2.25. The Morgan fingerprint density at radius 2 is 1.80 bits per heavy atom. The second kappa shape index (κ2) is 4.42. The summed E-state index contributed by atoms with van der Waals surface area (Å²) >= 11 is 16.3. The summed E-state index contributed by atoms with van der Waals surface area (Å²) in [5.41, 5.74) is -0.345. The summed E-state index contributed by atoms with van der Waals surface area (Å²) in [5.74, 6) is 0.712. The van der Waals surface area contributed by atoms with Gasteiger partial charge in [0.05, 0.1) is 0 Å². The lowest BCUT2D eigenvalue weighted by atomic mass is 9.92. The van der Waals surface area contributed by atoms with Crippen LogP contribution in [0.5, 0.6) is 0 Å². The van der Waals surface area contributed by atoms with Crippen molar-refractivity contribution >= 4 is 40.0 Å². The highest BCUT2D eigenvalue weighted by Gasteiger charge is 2.24. The van der Waals surface area contributed by atoms with Crippen molar-refractivity contribution < 1.29 is 4.79 Å². The Kier molecular flexibility index (Phi) is 4.66. The van der Waals surface area contributed by atoms with E-state index in [-0.39, 0.29) is 17.1 Å². The lowest BCUT2D eigenvalue weighted by Crippen LogP contribution is -2.22. The van der Waals surface area contributed by atoms with Crippen LogP contribution in [-0.2, 0) is 4.79 Å². The summed E-state index contributed by atoms with van der Waals surface area (Å²) in [6.45, 7) is 1.83. The molecular formula is C6H9Cl3O. The maximum absolute atomic E-state index is 10.4. The molecule has 0 heterocycles. The van der Waals surface area contributed by atoms with Crippen molar-refractivity contribution in [3.63, 3.8) is 0 Å². The molecule has 0 atom stereocenters. The number of carbonyl (C=O) groups is 1. The van der Waals surface area contributed by atoms with E-state index < -0.39 is 0 Å². The van der Waals surface area contributed by atoms with Crippen LogP contribution in [0.3, 0.4) is 0 Å². The van der Waals surface area contributed by atoms with Crippen LogP contribution in [-0.4, -0.2) is 17.0 Å². The van der Waals surface area contributed by atoms with Gasteiger partial charge >= 0.3 is 0 Å². The van der Waals surface area contributed by atoms with Crippen LogP contribution in [0, 0.1) is 5.41 Å². The van der Waals surface area contributed by atoms with Crippen LogP contribution in [0.1, 0.15) is 13.3 Å². The van der Waals surface area contributed by atoms with Crippen molar-refractivity contribution in [3.8, 4) is 0 Å². The molecule has 0 rings (SSSR count). The van der Waals surface area contributed by atoms with Crippen LogP contribution in [0.25, 0.3) is 0 Å². The number of halogens is 3. The Morgan fingerprint density at radius 1 is 1.40 bits per heavy atom. The van der Waals surface area contributed by atoms with Gasteiger partial charge in [0.15, 0.2) is 0 Å². The van der Waals surface area contributed by atoms with Gasteiger partial charge in [-0.25, -0.2) is 0 Å². The Balaban J connectivity index is 3.92. The average molecular weight is 203 g/mol. The zero-order chi connectivity index (χ0) is 8.20. The highest BCUT2D eigenvalue weighted by atomic mass is 35.5. The monoisotopic (exact) mass is 202 g/mol. The summed E-state index contributed by atoms with van der Waals surface area (Å²) in [7, 11) is 0. The Labute approximate surface area is 75.6 Å². The molecule has 0 aliphatic heterocycles. The first-order valence-electron chi connectivity index (χ1n) is 2.84. The first-order chi connectivity index (χ1) is 4.54. The van der Waals surface area contributed by atoms with Gasteiger partial charge in [-0.1, -0.05) is 6.92 Å². The predicted octanol–water partition coefficient (Wildman–Crippen LogP) is 2.63. The molecule has 0 radical (unpaired) electrons. The second-order valence-corrected chi connectivity index (χ2v) is 3.57. The normalized spacial score (nSPS) is 11.6. The van der Waals surface area contributed by atoms with Crippen LogP contribution in [0.2, 0.25) is 0 Å². The molecule has 0 saturated carbocycles. The summed E-state index contributed by atoms with van der Waals surface area (Å²) in [4.78, 5) is 10.4. The minimum absolute atomic E-state index is 0.238. The van der Waals surface area contributed by atoms with Crippen molar-refractivity contribution in [2.75, 3.05) is 11.8 Å². The molecule has 60 valence electrons. The van der Waals surface area contributed by atoms with E-state index in [4.69, 9.17) is 34.8 Å². The van der Waals surface area contributed by atoms with Gasteiger partial charge in [0.1, 0.15) is 0 Å². The molecule has 0 aromatic rings. The van der Waals surface area contributed by atoms with E-state index in [0.717, 1.165) is 0 Å². The molecule has 10 heavy (non-hydrogen) atoms. The molecule has 1 nitrogen and oxygen atoms in total. The van der Waals surface area contributed by atoms with Gasteiger partial charge < -0.3 is 0 Å². The molecule has 4 heteroatoms. The highest BCUT2D eigenvalue weighted by molar-refractivity contribution is 6.63. The van der Waals surface area contributed by atoms with Gasteiger partial charge in [-0.05, 0) is 11.6 Å². The van der Waals surface area contributed by atoms with Crippen LogP contribution in [0.15, 0.2) is 0 Å². The maximum Gasteiger partial charge on any atom is 0.222 e. The quantitative estimate of drug-likeness (QED) is 0.507. The Morgan fingerprint density at radius 3 is 1.90 bits per heavy atom. The van der Waals surface area contributed by atoms with E-state index in [1.807, 2.05) is 6.92 Å². The first-order valence-corrected chi connectivity index (χ1v) is 4.29. The minimum Gasteiger partial charge on any atom is -0.281 e. The third kappa shape index (κ3) is 3.65. The lowest BCUT2D eigenvalue weighted by molar-refractivity contribution is -0.113. The zero-order valence-corrected chi connectivity index (χ0v) is 7.93. The fraction of sp³-hybridized carbons (Fsp3) is 0.833. The number of alkyl halides is 2. The molecule has 0 fully saturated rings. The molecule has 0 aromatic heterocycles. The average Bonchev–Trinajstić information content (AvgIpc) is 1.87. The summed E-state index contributed by atoms with van der Waals surface area (Å²) in [5, 5.41) is -0.385. The topological polar surface area (TPSA) is 17.1 Å². The zero-order valence-electron chi connectivity index (χ0n) is 5.66. The first kappa shape index (κ1) is 10.5. The van der Waals surface area contributed by atoms with Gasteiger partial charge in [0, 0.05) is 23.6 Å². The van der Waals surface area contributed by atoms with E-state index in [2.05, 4.69) is 0 Å². The molecule has 0 unspecified atom stereocenters. The van der Waals surface area contributed by atoms with Gasteiger partial charge in [-0.2, -0.15) is 0 Å². The summed E-state index contributed by atoms with van der Waals surface area (Å²) in [6.07, 6.45) is 0.238.